The van der Waals surface area contributed by atoms with Crippen molar-refractivity contribution in [3.63, 3.8) is 0 Å². The summed E-state index contributed by atoms with van der Waals surface area (Å²) in [7, 11) is 0. The van der Waals surface area contributed by atoms with E-state index in [0.29, 0.717) is 12.8 Å². The molecule has 1 unspecified atom stereocenters. The van der Waals surface area contributed by atoms with Gasteiger partial charge in [-0.05, 0) is 12.8 Å². The first-order valence-electron chi connectivity index (χ1n) is 5.57. The number of carbonyl (C=O) groups excluding carboxylic acids is 3. The molecule has 0 fully saturated rings. The third kappa shape index (κ3) is 4.85. The molecular weight excluding hydrogens is 253 g/mol. The molecule has 0 aromatic rings. The minimum atomic E-state index is -5.12. The monoisotopic (exact) mass is 268 g/mol. The van der Waals surface area contributed by atoms with E-state index < -0.39 is 29.6 Å². The fourth-order valence-corrected chi connectivity index (χ4v) is 1.21. The largest absolute Gasteiger partial charge is 0.460 e. The van der Waals surface area contributed by atoms with Gasteiger partial charge in [0.2, 0.25) is 5.78 Å². The van der Waals surface area contributed by atoms with Gasteiger partial charge in [-0.25, -0.2) is 4.79 Å². The molecule has 104 valence electrons. The number of rotatable bonds is 7. The summed E-state index contributed by atoms with van der Waals surface area (Å²) in [4.78, 5) is 33.4. The Kier molecular flexibility index (Phi) is 6.57. The second-order valence-corrected chi connectivity index (χ2v) is 3.68. The van der Waals surface area contributed by atoms with Gasteiger partial charge < -0.3 is 4.74 Å². The van der Waals surface area contributed by atoms with Crippen LogP contribution < -0.4 is 0 Å². The van der Waals surface area contributed by atoms with Crippen LogP contribution in [0.4, 0.5) is 13.2 Å². The minimum Gasteiger partial charge on any atom is -0.460 e. The van der Waals surface area contributed by atoms with Crippen LogP contribution in [-0.4, -0.2) is 30.3 Å². The minimum absolute atomic E-state index is 0.0439. The number of ketones is 2. The number of hydrogen-bond donors (Lipinski definition) is 0. The third-order valence-electron chi connectivity index (χ3n) is 2.25. The maximum atomic E-state index is 12.2. The van der Waals surface area contributed by atoms with Crippen LogP contribution in [0.1, 0.15) is 33.1 Å². The van der Waals surface area contributed by atoms with Crippen molar-refractivity contribution in [1.29, 1.82) is 0 Å². The summed E-state index contributed by atoms with van der Waals surface area (Å²) in [6.45, 7) is 3.00. The highest BCUT2D eigenvalue weighted by molar-refractivity contribution is 6.38. The Morgan fingerprint density at radius 1 is 1.17 bits per heavy atom. The molecule has 0 saturated carbocycles. The van der Waals surface area contributed by atoms with Crippen LogP contribution in [-0.2, 0) is 19.1 Å². The van der Waals surface area contributed by atoms with Gasteiger partial charge in [-0.2, -0.15) is 13.2 Å². The van der Waals surface area contributed by atoms with Crippen LogP contribution in [0.2, 0.25) is 0 Å². The van der Waals surface area contributed by atoms with E-state index in [0.717, 1.165) is 0 Å². The van der Waals surface area contributed by atoms with Crippen molar-refractivity contribution in [3.8, 4) is 0 Å². The molecule has 0 N–H and O–H groups in total. The lowest BCUT2D eigenvalue weighted by Crippen LogP contribution is -2.38. The van der Waals surface area contributed by atoms with E-state index in [1.165, 1.54) is 6.92 Å². The average Bonchev–Trinajstić information content (AvgIpc) is 2.28. The highest BCUT2D eigenvalue weighted by atomic mass is 19.4. The Bertz CT molecular complexity index is 323. The number of Topliss-reactive ketones (excluding diaryl/α,β-unsaturated/α-hetero) is 2. The molecule has 0 aromatic heterocycles. The Hall–Kier alpha value is -1.40. The van der Waals surface area contributed by atoms with Crippen LogP contribution in [0.25, 0.3) is 0 Å². The Balaban J connectivity index is 4.62. The molecule has 0 aromatic carbocycles. The molecule has 0 amide bonds. The van der Waals surface area contributed by atoms with E-state index >= 15 is 0 Å². The van der Waals surface area contributed by atoms with Crippen molar-refractivity contribution in [2.45, 2.75) is 39.3 Å². The molecule has 0 aliphatic heterocycles. The number of halogens is 3. The van der Waals surface area contributed by atoms with Crippen LogP contribution >= 0.6 is 0 Å². The molecule has 0 aliphatic carbocycles. The predicted molar refractivity (Wildman–Crippen MR) is 55.7 cm³/mol. The fourth-order valence-electron chi connectivity index (χ4n) is 1.21. The molecule has 0 radical (unpaired) electrons. The second-order valence-electron chi connectivity index (χ2n) is 3.68. The summed E-state index contributed by atoms with van der Waals surface area (Å²) in [5, 5.41) is 0. The Labute approximate surface area is 102 Å². The molecule has 0 spiro atoms. The van der Waals surface area contributed by atoms with Gasteiger partial charge in [-0.3, -0.25) is 9.59 Å². The van der Waals surface area contributed by atoms with Crippen molar-refractivity contribution in [2.75, 3.05) is 6.61 Å². The summed E-state index contributed by atoms with van der Waals surface area (Å²) in [5.41, 5.74) is 0. The molecule has 0 saturated heterocycles. The Morgan fingerprint density at radius 3 is 2.11 bits per heavy atom. The lowest BCUT2D eigenvalue weighted by atomic mass is 9.95. The molecule has 1 atom stereocenters. The van der Waals surface area contributed by atoms with Crippen molar-refractivity contribution in [3.05, 3.63) is 0 Å². The van der Waals surface area contributed by atoms with Crippen molar-refractivity contribution in [2.24, 2.45) is 5.92 Å². The van der Waals surface area contributed by atoms with E-state index in [1.54, 1.807) is 0 Å². The van der Waals surface area contributed by atoms with Gasteiger partial charge in [-0.15, -0.1) is 0 Å². The molecule has 4 nitrogen and oxygen atoms in total. The van der Waals surface area contributed by atoms with E-state index in [4.69, 9.17) is 0 Å². The normalized spacial score (nSPS) is 12.9. The summed E-state index contributed by atoms with van der Waals surface area (Å²) >= 11 is 0. The maximum absolute atomic E-state index is 12.2. The van der Waals surface area contributed by atoms with Crippen LogP contribution in [0, 0.1) is 5.92 Å². The van der Waals surface area contributed by atoms with Crippen molar-refractivity contribution in [1.82, 2.24) is 0 Å². The fraction of sp³-hybridized carbons (Fsp3) is 0.727. The van der Waals surface area contributed by atoms with Crippen LogP contribution in [0.5, 0.6) is 0 Å². The number of carbonyl (C=O) groups is 3. The zero-order chi connectivity index (χ0) is 14.3. The van der Waals surface area contributed by atoms with Crippen molar-refractivity contribution < 1.29 is 32.3 Å². The standard InChI is InChI=1S/C11H15F3O4/c1-3-5-6-18-10(17)8(15)7(4-2)9(16)11(12,13)14/h7H,3-6H2,1-2H3. The highest BCUT2D eigenvalue weighted by Gasteiger charge is 2.47. The summed E-state index contributed by atoms with van der Waals surface area (Å²) < 4.78 is 41.0. The van der Waals surface area contributed by atoms with Crippen LogP contribution in [0.15, 0.2) is 0 Å². The zero-order valence-electron chi connectivity index (χ0n) is 10.2. The maximum Gasteiger partial charge on any atom is 0.450 e. The Morgan fingerprint density at radius 2 is 1.72 bits per heavy atom. The predicted octanol–water partition coefficient (Wildman–Crippen LogP) is 2.06. The lowest BCUT2D eigenvalue weighted by molar-refractivity contribution is -0.178. The summed E-state index contributed by atoms with van der Waals surface area (Å²) in [5.74, 6) is -7.02. The number of alkyl halides is 3. The van der Waals surface area contributed by atoms with Gasteiger partial charge in [-0.1, -0.05) is 20.3 Å². The van der Waals surface area contributed by atoms with Gasteiger partial charge in [0.15, 0.2) is 0 Å². The molecule has 7 heteroatoms. The quantitative estimate of drug-likeness (QED) is 0.307. The van der Waals surface area contributed by atoms with E-state index in [-0.39, 0.29) is 13.0 Å². The van der Waals surface area contributed by atoms with Gasteiger partial charge in [0.1, 0.15) is 0 Å². The first-order valence-corrected chi connectivity index (χ1v) is 5.57. The molecule has 18 heavy (non-hydrogen) atoms. The summed E-state index contributed by atoms with van der Waals surface area (Å²) in [6, 6.07) is 0. The van der Waals surface area contributed by atoms with Gasteiger partial charge >= 0.3 is 12.1 Å². The topological polar surface area (TPSA) is 60.4 Å². The average molecular weight is 268 g/mol. The lowest BCUT2D eigenvalue weighted by Gasteiger charge is -2.13. The van der Waals surface area contributed by atoms with Gasteiger partial charge in [0, 0.05) is 0 Å². The molecular formula is C11H15F3O4. The van der Waals surface area contributed by atoms with Crippen molar-refractivity contribution >= 4 is 17.5 Å². The number of ether oxygens (including phenoxy) is 1. The summed E-state index contributed by atoms with van der Waals surface area (Å²) in [6.07, 6.45) is -4.30. The zero-order valence-corrected chi connectivity index (χ0v) is 10.2. The third-order valence-corrected chi connectivity index (χ3v) is 2.25. The molecule has 0 heterocycles. The van der Waals surface area contributed by atoms with Gasteiger partial charge in [0.25, 0.3) is 5.78 Å². The van der Waals surface area contributed by atoms with Gasteiger partial charge in [0.05, 0.1) is 12.5 Å². The number of unbranched alkanes of at least 4 members (excludes halogenated alkanes) is 1. The van der Waals surface area contributed by atoms with E-state index in [2.05, 4.69) is 4.74 Å². The smallest absolute Gasteiger partial charge is 0.450 e. The molecule has 0 rings (SSSR count). The highest BCUT2D eigenvalue weighted by Crippen LogP contribution is 2.23. The molecule has 0 aliphatic rings. The van der Waals surface area contributed by atoms with Crippen LogP contribution in [0.3, 0.4) is 0 Å². The first-order chi connectivity index (χ1) is 8.25. The second kappa shape index (κ2) is 7.13. The first kappa shape index (κ1) is 16.6. The SMILES string of the molecule is CCCCOC(=O)C(=O)C(CC)C(=O)C(F)(F)F. The number of esters is 1. The molecule has 0 bridgehead atoms. The van der Waals surface area contributed by atoms with E-state index in [9.17, 15) is 27.6 Å². The number of hydrogen-bond acceptors (Lipinski definition) is 4. The van der Waals surface area contributed by atoms with E-state index in [1.807, 2.05) is 6.92 Å².